The fourth-order valence-electron chi connectivity index (χ4n) is 3.17. The van der Waals surface area contributed by atoms with Crippen LogP contribution in [0.5, 0.6) is 0 Å². The van der Waals surface area contributed by atoms with Gasteiger partial charge in [-0.05, 0) is 0 Å². The van der Waals surface area contributed by atoms with Gasteiger partial charge in [0, 0.05) is 0 Å². The van der Waals surface area contributed by atoms with Crippen LogP contribution in [0.1, 0.15) is 12.6 Å². The predicted octanol–water partition coefficient (Wildman–Crippen LogP) is 1.59. The number of ether oxygens (including phenoxy) is 1. The molecule has 0 unspecified atom stereocenters. The van der Waals surface area contributed by atoms with Gasteiger partial charge in [-0.3, -0.25) is 0 Å². The topological polar surface area (TPSA) is 95.7 Å². The van der Waals surface area contributed by atoms with Crippen molar-refractivity contribution >= 4 is 70.9 Å². The van der Waals surface area contributed by atoms with Crippen LogP contribution in [-0.2, 0) is 9.53 Å². The monoisotopic (exact) mass is 532 g/mol. The number of fused-ring (bicyclic) bond motifs is 4. The van der Waals surface area contributed by atoms with E-state index in [2.05, 4.69) is 15.1 Å². The molecule has 0 atom stereocenters. The molecule has 5 aromatic rings. The third kappa shape index (κ3) is 3.32. The summed E-state index contributed by atoms with van der Waals surface area (Å²) >= 11 is -0.183. The number of carbonyl (C=O) groups excluding carboxylic acids is 1. The van der Waals surface area contributed by atoms with Gasteiger partial charge in [0.1, 0.15) is 0 Å². The van der Waals surface area contributed by atoms with Gasteiger partial charge in [-0.25, -0.2) is 0 Å². The van der Waals surface area contributed by atoms with E-state index in [-0.39, 0.29) is 35.4 Å². The zero-order valence-corrected chi connectivity index (χ0v) is 19.6. The number of hydrogen-bond donors (Lipinski definition) is 0. The minimum atomic E-state index is -0.187. The number of hydrogen-bond acceptors (Lipinski definition) is 7. The van der Waals surface area contributed by atoms with Gasteiger partial charge >= 0.3 is 184 Å². The van der Waals surface area contributed by atoms with Gasteiger partial charge in [-0.1, -0.05) is 0 Å². The van der Waals surface area contributed by atoms with Crippen molar-refractivity contribution in [2.75, 3.05) is 6.61 Å². The zero-order chi connectivity index (χ0) is 20.7. The molecule has 0 bridgehead atoms. The molecular formula is C20H16N6O2Se2. The maximum absolute atomic E-state index is 11.8. The Bertz CT molecular complexity index is 1400. The molecule has 4 heterocycles. The van der Waals surface area contributed by atoms with E-state index in [1.807, 2.05) is 48.9 Å². The van der Waals surface area contributed by atoms with Crippen LogP contribution in [0.15, 0.2) is 36.7 Å². The number of carbonyl (C=O) groups is 1. The quantitative estimate of drug-likeness (QED) is 0.252. The summed E-state index contributed by atoms with van der Waals surface area (Å²) in [5.74, 6) is -0.187. The molecule has 4 aromatic heterocycles. The van der Waals surface area contributed by atoms with Crippen LogP contribution < -0.4 is 4.59 Å². The van der Waals surface area contributed by atoms with Crippen molar-refractivity contribution in [1.29, 1.82) is 0 Å². The Morgan fingerprint density at radius 3 is 2.77 bits per heavy atom. The van der Waals surface area contributed by atoms with Crippen molar-refractivity contribution in [3.8, 4) is 5.69 Å². The van der Waals surface area contributed by atoms with E-state index < -0.39 is 0 Å². The first-order valence-corrected chi connectivity index (χ1v) is 13.1. The summed E-state index contributed by atoms with van der Waals surface area (Å²) in [6.45, 7) is 4.15. The Morgan fingerprint density at radius 2 is 1.97 bits per heavy atom. The van der Waals surface area contributed by atoms with E-state index in [4.69, 9.17) is 14.7 Å². The predicted molar refractivity (Wildman–Crippen MR) is 116 cm³/mol. The number of esters is 1. The summed E-state index contributed by atoms with van der Waals surface area (Å²) in [5.41, 5.74) is 4.94. The van der Waals surface area contributed by atoms with Crippen LogP contribution in [0, 0.1) is 6.92 Å². The van der Waals surface area contributed by atoms with Gasteiger partial charge in [0.2, 0.25) is 0 Å². The summed E-state index contributed by atoms with van der Waals surface area (Å²) in [7, 11) is 0. The first-order valence-electron chi connectivity index (χ1n) is 9.30. The first kappa shape index (κ1) is 19.3. The molecule has 0 aliphatic rings. The van der Waals surface area contributed by atoms with Crippen molar-refractivity contribution in [2.24, 2.45) is 0 Å². The average molecular weight is 530 g/mol. The third-order valence-electron chi connectivity index (χ3n) is 4.47. The van der Waals surface area contributed by atoms with Crippen LogP contribution in [-0.4, -0.2) is 71.8 Å². The summed E-state index contributed by atoms with van der Waals surface area (Å²) in [6, 6.07) is 9.94. The van der Waals surface area contributed by atoms with Crippen LogP contribution >= 0.6 is 0 Å². The summed E-state index contributed by atoms with van der Waals surface area (Å²) < 4.78 is 9.84. The number of nitrogens with zero attached hydrogens (tertiary/aromatic N) is 6. The molecule has 0 N–H and O–H groups in total. The molecule has 0 saturated carbocycles. The fraction of sp³-hybridized carbons (Fsp3) is 0.200. The van der Waals surface area contributed by atoms with Crippen molar-refractivity contribution in [2.45, 2.75) is 19.2 Å². The van der Waals surface area contributed by atoms with Crippen LogP contribution in [0.25, 0.3) is 36.5 Å². The molecule has 10 heteroatoms. The fourth-order valence-corrected chi connectivity index (χ4v) is 7.70. The molecule has 8 nitrogen and oxygen atoms in total. The molecule has 0 fully saturated rings. The van der Waals surface area contributed by atoms with Crippen molar-refractivity contribution in [1.82, 2.24) is 29.7 Å². The Labute approximate surface area is 183 Å². The molecule has 1 aromatic carbocycles. The maximum atomic E-state index is 11.8. The number of rotatable bonds is 5. The van der Waals surface area contributed by atoms with Crippen molar-refractivity contribution in [3.05, 3.63) is 42.4 Å². The molecular weight excluding hydrogens is 514 g/mol. The van der Waals surface area contributed by atoms with Gasteiger partial charge in [-0.2, -0.15) is 0 Å². The second-order valence-electron chi connectivity index (χ2n) is 6.43. The summed E-state index contributed by atoms with van der Waals surface area (Å²) in [6.07, 6.45) is 1.55. The number of aryl methyl sites for hydroxylation is 1. The van der Waals surface area contributed by atoms with Crippen molar-refractivity contribution in [3.63, 3.8) is 0 Å². The molecule has 30 heavy (non-hydrogen) atoms. The van der Waals surface area contributed by atoms with Crippen LogP contribution in [0.3, 0.4) is 0 Å². The van der Waals surface area contributed by atoms with Gasteiger partial charge in [-0.15, -0.1) is 0 Å². The summed E-state index contributed by atoms with van der Waals surface area (Å²) in [5, 5.41) is 5.02. The second-order valence-corrected chi connectivity index (χ2v) is 10.6. The van der Waals surface area contributed by atoms with Crippen molar-refractivity contribution < 1.29 is 9.53 Å². The van der Waals surface area contributed by atoms with Crippen LogP contribution in [0.4, 0.5) is 0 Å². The van der Waals surface area contributed by atoms with E-state index in [1.165, 1.54) is 0 Å². The SMILES string of the molecule is CCOC(=O)C[Se]c1ncnc2c1[se]c1nc3c(nc12)c(C)nn3-c1ccccc1. The average Bonchev–Trinajstić information content (AvgIpc) is 3.29. The Kier molecular flexibility index (Phi) is 5.08. The second kappa shape index (κ2) is 7.89. The molecule has 0 amide bonds. The van der Waals surface area contributed by atoms with E-state index in [9.17, 15) is 4.79 Å². The minimum absolute atomic E-state index is 0.0709. The Balaban J connectivity index is 1.65. The third-order valence-corrected chi connectivity index (χ3v) is 9.38. The number of aromatic nitrogens is 6. The first-order chi connectivity index (χ1) is 14.7. The molecule has 0 aliphatic carbocycles. The molecule has 0 spiro atoms. The normalized spacial score (nSPS) is 11.5. The molecule has 0 saturated heterocycles. The number of para-hydroxylation sites is 1. The molecule has 0 radical (unpaired) electrons. The van der Waals surface area contributed by atoms with Gasteiger partial charge in [0.15, 0.2) is 0 Å². The standard InChI is InChI=1S/C20H16N6O2Se2/c1-3-28-13(27)9-29-20-17-15(21-10-22-20)16-19(30-17)24-18-14(23-16)11(2)25-26(18)12-7-5-4-6-8-12/h4-8,10H,3,9H2,1-2H3. The molecule has 150 valence electrons. The van der Waals surface area contributed by atoms with Gasteiger partial charge in [0.25, 0.3) is 0 Å². The molecule has 0 aliphatic heterocycles. The Hall–Kier alpha value is -2.64. The van der Waals surface area contributed by atoms with Crippen LogP contribution in [0.2, 0.25) is 5.32 Å². The van der Waals surface area contributed by atoms with E-state index >= 15 is 0 Å². The Morgan fingerprint density at radius 1 is 1.13 bits per heavy atom. The van der Waals surface area contributed by atoms with E-state index in [1.54, 1.807) is 6.33 Å². The zero-order valence-electron chi connectivity index (χ0n) is 16.2. The van der Waals surface area contributed by atoms with Gasteiger partial charge in [0.05, 0.1) is 0 Å². The summed E-state index contributed by atoms with van der Waals surface area (Å²) in [4.78, 5) is 30.6. The number of benzene rings is 1. The molecule has 5 rings (SSSR count). The van der Waals surface area contributed by atoms with E-state index in [0.29, 0.717) is 11.9 Å². The van der Waals surface area contributed by atoms with E-state index in [0.717, 1.165) is 46.8 Å². The van der Waals surface area contributed by atoms with Gasteiger partial charge < -0.3 is 0 Å².